The van der Waals surface area contributed by atoms with Gasteiger partial charge in [-0.15, -0.1) is 11.3 Å². The number of ketones is 2. The van der Waals surface area contributed by atoms with Crippen LogP contribution in [0.2, 0.25) is 5.02 Å². The van der Waals surface area contributed by atoms with Crippen LogP contribution in [-0.4, -0.2) is 41.5 Å². The molecule has 0 amide bonds. The third-order valence-corrected chi connectivity index (χ3v) is 7.21. The number of thiophene rings is 1. The molecule has 2 unspecified atom stereocenters. The normalized spacial score (nSPS) is 21.3. The van der Waals surface area contributed by atoms with Crippen molar-refractivity contribution in [2.75, 3.05) is 14.2 Å². The Labute approximate surface area is 203 Å². The van der Waals surface area contributed by atoms with Crippen LogP contribution in [0.1, 0.15) is 29.6 Å². The fourth-order valence-corrected chi connectivity index (χ4v) is 5.19. The van der Waals surface area contributed by atoms with E-state index in [2.05, 4.69) is 15.5 Å². The van der Waals surface area contributed by atoms with E-state index in [1.54, 1.807) is 6.92 Å². The summed E-state index contributed by atoms with van der Waals surface area (Å²) in [5, 5.41) is 9.20. The van der Waals surface area contributed by atoms with Crippen LogP contribution in [0, 0.1) is 5.92 Å². The van der Waals surface area contributed by atoms with Gasteiger partial charge in [-0.1, -0.05) is 29.7 Å². The number of rotatable bonds is 6. The van der Waals surface area contributed by atoms with Gasteiger partial charge in [0.15, 0.2) is 5.75 Å². The molecule has 0 radical (unpaired) electrons. The van der Waals surface area contributed by atoms with Crippen molar-refractivity contribution in [3.63, 3.8) is 0 Å². The quantitative estimate of drug-likeness (QED) is 0.499. The lowest BCUT2D eigenvalue weighted by Crippen LogP contribution is -2.55. The highest BCUT2D eigenvalue weighted by molar-refractivity contribution is 7.13. The maximum atomic E-state index is 13.5. The number of fused-ring (bicyclic) bond motifs is 1. The van der Waals surface area contributed by atoms with Crippen LogP contribution >= 0.6 is 22.9 Å². The molecule has 11 heteroatoms. The maximum absolute atomic E-state index is 13.5. The van der Waals surface area contributed by atoms with Gasteiger partial charge >= 0.3 is 0 Å². The monoisotopic (exact) mass is 501 g/mol. The molecule has 2 aliphatic rings. The number of hydrogen-bond donors (Lipinski definition) is 1. The zero-order chi connectivity index (χ0) is 24.0. The Kier molecular flexibility index (Phi) is 5.57. The predicted octanol–water partition coefficient (Wildman–Crippen LogP) is 4.07. The molecule has 176 valence electrons. The van der Waals surface area contributed by atoms with Gasteiger partial charge in [0.1, 0.15) is 22.1 Å². The van der Waals surface area contributed by atoms with Crippen molar-refractivity contribution in [3.05, 3.63) is 51.8 Å². The SMILES string of the molecule is COc1cc(OC)c2c(c1Cl)OC1(C(=O)C=C(NCc3nc(-c4cccs4)no3)CC1C)C2=O. The Balaban J connectivity index is 1.38. The third-order valence-electron chi connectivity index (χ3n) is 5.99. The van der Waals surface area contributed by atoms with E-state index in [1.807, 2.05) is 17.5 Å². The number of Topliss-reactive ketones (excluding diaryl/α,β-unsaturated/α-hetero) is 1. The minimum atomic E-state index is -1.71. The lowest BCUT2D eigenvalue weighted by atomic mass is 9.74. The molecule has 34 heavy (non-hydrogen) atoms. The van der Waals surface area contributed by atoms with E-state index in [9.17, 15) is 9.59 Å². The molecule has 1 aliphatic heterocycles. The first-order valence-corrected chi connectivity index (χ1v) is 11.7. The Morgan fingerprint density at radius 1 is 1.29 bits per heavy atom. The molecular weight excluding hydrogens is 482 g/mol. The highest BCUT2D eigenvalue weighted by atomic mass is 35.5. The minimum Gasteiger partial charge on any atom is -0.496 e. The Bertz CT molecular complexity index is 1320. The van der Waals surface area contributed by atoms with Crippen LogP contribution in [0.15, 0.2) is 39.9 Å². The smallest absolute Gasteiger partial charge is 0.246 e. The number of carbonyl (C=O) groups excluding carboxylic acids is 2. The van der Waals surface area contributed by atoms with Crippen molar-refractivity contribution in [2.24, 2.45) is 5.92 Å². The molecule has 0 bridgehead atoms. The van der Waals surface area contributed by atoms with Crippen LogP contribution in [0.5, 0.6) is 17.2 Å². The van der Waals surface area contributed by atoms with Crippen LogP contribution in [-0.2, 0) is 11.3 Å². The second kappa shape index (κ2) is 8.44. The largest absolute Gasteiger partial charge is 0.496 e. The molecule has 9 nitrogen and oxygen atoms in total. The molecule has 1 N–H and O–H groups in total. The highest BCUT2D eigenvalue weighted by Crippen LogP contribution is 2.52. The van der Waals surface area contributed by atoms with Crippen molar-refractivity contribution in [1.82, 2.24) is 15.5 Å². The molecule has 0 saturated carbocycles. The maximum Gasteiger partial charge on any atom is 0.246 e. The summed E-state index contributed by atoms with van der Waals surface area (Å²) in [6, 6.07) is 5.33. The van der Waals surface area contributed by atoms with E-state index >= 15 is 0 Å². The summed E-state index contributed by atoms with van der Waals surface area (Å²) in [5.74, 6) is 0.0847. The summed E-state index contributed by atoms with van der Waals surface area (Å²) in [4.78, 5) is 32.1. The van der Waals surface area contributed by atoms with Crippen LogP contribution in [0.25, 0.3) is 10.7 Å². The lowest BCUT2D eigenvalue weighted by Gasteiger charge is -2.35. The average Bonchev–Trinajstić information content (AvgIpc) is 3.57. The molecule has 1 aromatic carbocycles. The average molecular weight is 502 g/mol. The number of methoxy groups -OCH3 is 2. The van der Waals surface area contributed by atoms with E-state index in [-0.39, 0.29) is 34.4 Å². The Morgan fingerprint density at radius 3 is 2.76 bits per heavy atom. The van der Waals surface area contributed by atoms with E-state index in [0.29, 0.717) is 23.8 Å². The second-order valence-electron chi connectivity index (χ2n) is 7.95. The molecule has 5 rings (SSSR count). The van der Waals surface area contributed by atoms with E-state index in [0.717, 1.165) is 4.88 Å². The van der Waals surface area contributed by atoms with Gasteiger partial charge in [0.2, 0.25) is 28.9 Å². The lowest BCUT2D eigenvalue weighted by molar-refractivity contribution is -0.129. The fourth-order valence-electron chi connectivity index (χ4n) is 4.27. The highest BCUT2D eigenvalue weighted by Gasteiger charge is 2.60. The summed E-state index contributed by atoms with van der Waals surface area (Å²) in [7, 11) is 2.87. The van der Waals surface area contributed by atoms with Crippen LogP contribution in [0.3, 0.4) is 0 Å². The van der Waals surface area contributed by atoms with E-state index < -0.39 is 23.1 Å². The van der Waals surface area contributed by atoms with Crippen molar-refractivity contribution >= 4 is 34.5 Å². The molecule has 0 saturated heterocycles. The van der Waals surface area contributed by atoms with E-state index in [4.69, 9.17) is 30.3 Å². The molecule has 2 aromatic heterocycles. The molecule has 1 spiro atoms. The summed E-state index contributed by atoms with van der Waals surface area (Å²) < 4.78 is 22.0. The fraction of sp³-hybridized carbons (Fsp3) is 0.304. The third kappa shape index (κ3) is 3.36. The van der Waals surface area contributed by atoms with Gasteiger partial charge in [-0.3, -0.25) is 9.59 Å². The van der Waals surface area contributed by atoms with Gasteiger partial charge in [-0.2, -0.15) is 4.98 Å². The molecule has 2 atom stereocenters. The molecule has 1 aliphatic carbocycles. The number of carbonyl (C=O) groups is 2. The topological polar surface area (TPSA) is 113 Å². The predicted molar refractivity (Wildman–Crippen MR) is 124 cm³/mol. The van der Waals surface area contributed by atoms with Gasteiger partial charge in [0.25, 0.3) is 0 Å². The van der Waals surface area contributed by atoms with Crippen LogP contribution < -0.4 is 19.5 Å². The molecular formula is C23H20ClN3O6S. The summed E-state index contributed by atoms with van der Waals surface area (Å²) in [6.45, 7) is 2.03. The first kappa shape index (κ1) is 22.4. The van der Waals surface area contributed by atoms with Gasteiger partial charge in [-0.25, -0.2) is 0 Å². The standard InChI is InChI=1S/C23H20ClN3O6S/c1-11-7-12(25-10-17-26-22(27-33-17)15-5-4-6-34-15)8-16(28)23(11)21(29)18-13(30-2)9-14(31-3)19(24)20(18)32-23/h4-6,8-9,11,25H,7,10H2,1-3H3. The van der Waals surface area contributed by atoms with Gasteiger partial charge < -0.3 is 24.1 Å². The number of benzene rings is 1. The summed E-state index contributed by atoms with van der Waals surface area (Å²) in [5.41, 5.74) is -0.930. The number of aromatic nitrogens is 2. The van der Waals surface area contributed by atoms with Gasteiger partial charge in [0.05, 0.1) is 25.6 Å². The molecule has 0 fully saturated rings. The zero-order valence-electron chi connectivity index (χ0n) is 18.5. The number of allylic oxidation sites excluding steroid dienone is 1. The van der Waals surface area contributed by atoms with Gasteiger partial charge in [-0.05, 0) is 17.9 Å². The summed E-state index contributed by atoms with van der Waals surface area (Å²) >= 11 is 7.93. The molecule has 3 heterocycles. The van der Waals surface area contributed by atoms with Crippen molar-refractivity contribution < 1.29 is 28.3 Å². The van der Waals surface area contributed by atoms with Gasteiger partial charge in [0, 0.05) is 23.8 Å². The zero-order valence-corrected chi connectivity index (χ0v) is 20.1. The Morgan fingerprint density at radius 2 is 2.09 bits per heavy atom. The number of ether oxygens (including phenoxy) is 3. The first-order valence-electron chi connectivity index (χ1n) is 10.4. The van der Waals surface area contributed by atoms with Crippen molar-refractivity contribution in [2.45, 2.75) is 25.5 Å². The molecule has 3 aromatic rings. The summed E-state index contributed by atoms with van der Waals surface area (Å²) in [6.07, 6.45) is 1.77. The number of nitrogens with zero attached hydrogens (tertiary/aromatic N) is 2. The first-order chi connectivity index (χ1) is 16.4. The minimum absolute atomic E-state index is 0.0971. The van der Waals surface area contributed by atoms with Crippen molar-refractivity contribution in [1.29, 1.82) is 0 Å². The second-order valence-corrected chi connectivity index (χ2v) is 9.27. The number of halogens is 1. The van der Waals surface area contributed by atoms with Crippen molar-refractivity contribution in [3.8, 4) is 28.0 Å². The number of hydrogen-bond acceptors (Lipinski definition) is 10. The van der Waals surface area contributed by atoms with Crippen LogP contribution in [0.4, 0.5) is 0 Å². The Hall–Kier alpha value is -3.37. The number of nitrogens with one attached hydrogen (secondary N) is 1. The van der Waals surface area contributed by atoms with E-state index in [1.165, 1.54) is 37.7 Å².